The number of primary amides is 1. The van der Waals surface area contributed by atoms with Crippen molar-refractivity contribution in [2.75, 3.05) is 6.54 Å². The van der Waals surface area contributed by atoms with Crippen molar-refractivity contribution in [2.45, 2.75) is 69.1 Å². The topological polar surface area (TPSA) is 168 Å². The third kappa shape index (κ3) is 5.61. The van der Waals surface area contributed by atoms with Gasteiger partial charge in [-0.2, -0.15) is 0 Å². The van der Waals surface area contributed by atoms with E-state index in [4.69, 9.17) is 5.73 Å². The standard InChI is InChI=1S/C31H36N4O6/c32-27(37)26(36)24(17-19-14-15-33-28(19)38)34-29(39)25(16-18-8-2-1-3-9-18)35-30(40)31(41)22-12-6-4-10-20(22)21-11-5-7-13-23(21)31/h4-7,10-13,18-19,24-25,41H,1-3,8-9,14-17H2,(H2,32,37)(H,33,38)(H,34,39)(H,35,40)/t19-,24-,25+/m1/s1. The summed E-state index contributed by atoms with van der Waals surface area (Å²) in [7, 11) is 0. The Kier molecular flexibility index (Phi) is 8.21. The van der Waals surface area contributed by atoms with Gasteiger partial charge >= 0.3 is 0 Å². The summed E-state index contributed by atoms with van der Waals surface area (Å²) in [5.74, 6) is -4.28. The van der Waals surface area contributed by atoms with E-state index in [9.17, 15) is 29.1 Å². The average molecular weight is 561 g/mol. The summed E-state index contributed by atoms with van der Waals surface area (Å²) in [5, 5.41) is 20.1. The SMILES string of the molecule is NC(=O)C(=O)[C@@H](C[C@H]1CCNC1=O)NC(=O)[C@H](CC1CCCCC1)NC(=O)C1(O)c2ccccc2-c2ccccc21. The molecule has 3 aliphatic rings. The molecule has 5 rings (SSSR count). The van der Waals surface area contributed by atoms with Crippen LogP contribution in [0.2, 0.25) is 0 Å². The molecule has 41 heavy (non-hydrogen) atoms. The van der Waals surface area contributed by atoms with Gasteiger partial charge in [0.1, 0.15) is 6.04 Å². The normalized spacial score (nSPS) is 20.7. The van der Waals surface area contributed by atoms with Crippen LogP contribution >= 0.6 is 0 Å². The summed E-state index contributed by atoms with van der Waals surface area (Å²) in [6.07, 6.45) is 5.60. The van der Waals surface area contributed by atoms with Gasteiger partial charge in [0.15, 0.2) is 5.60 Å². The molecule has 1 aliphatic heterocycles. The van der Waals surface area contributed by atoms with E-state index >= 15 is 0 Å². The van der Waals surface area contributed by atoms with Crippen molar-refractivity contribution in [1.29, 1.82) is 0 Å². The highest BCUT2D eigenvalue weighted by molar-refractivity contribution is 6.38. The van der Waals surface area contributed by atoms with E-state index in [1.165, 1.54) is 0 Å². The maximum absolute atomic E-state index is 14.0. The first-order valence-corrected chi connectivity index (χ1v) is 14.3. The Balaban J connectivity index is 1.42. The lowest BCUT2D eigenvalue weighted by atomic mass is 9.84. The summed E-state index contributed by atoms with van der Waals surface area (Å²) in [6.45, 7) is 0.441. The van der Waals surface area contributed by atoms with Gasteiger partial charge in [0, 0.05) is 23.6 Å². The number of carbonyl (C=O) groups excluding carboxylic acids is 5. The lowest BCUT2D eigenvalue weighted by Gasteiger charge is -2.31. The van der Waals surface area contributed by atoms with E-state index in [0.717, 1.165) is 43.2 Å². The number of rotatable bonds is 10. The minimum absolute atomic E-state index is 0.0753. The number of amides is 4. The van der Waals surface area contributed by atoms with Crippen LogP contribution in [-0.4, -0.2) is 53.1 Å². The Bertz CT molecular complexity index is 1320. The number of fused-ring (bicyclic) bond motifs is 3. The second-order valence-electron chi connectivity index (χ2n) is 11.4. The molecule has 0 unspecified atom stereocenters. The summed E-state index contributed by atoms with van der Waals surface area (Å²) < 4.78 is 0. The van der Waals surface area contributed by atoms with E-state index in [-0.39, 0.29) is 18.2 Å². The van der Waals surface area contributed by atoms with Gasteiger partial charge in [0.2, 0.25) is 17.6 Å². The van der Waals surface area contributed by atoms with Gasteiger partial charge in [0.25, 0.3) is 11.8 Å². The third-order valence-electron chi connectivity index (χ3n) is 8.73. The van der Waals surface area contributed by atoms with Crippen LogP contribution < -0.4 is 21.7 Å². The first-order valence-electron chi connectivity index (χ1n) is 14.3. The lowest BCUT2D eigenvalue weighted by Crippen LogP contribution is -2.57. The van der Waals surface area contributed by atoms with Gasteiger partial charge in [-0.1, -0.05) is 80.6 Å². The van der Waals surface area contributed by atoms with Gasteiger partial charge in [-0.3, -0.25) is 24.0 Å². The smallest absolute Gasteiger partial charge is 0.287 e. The first kappa shape index (κ1) is 28.5. The van der Waals surface area contributed by atoms with Crippen molar-refractivity contribution >= 4 is 29.4 Å². The maximum Gasteiger partial charge on any atom is 0.287 e. The van der Waals surface area contributed by atoms with Gasteiger partial charge in [-0.15, -0.1) is 0 Å². The quantitative estimate of drug-likeness (QED) is 0.276. The Morgan fingerprint density at radius 1 is 0.878 bits per heavy atom. The molecule has 3 atom stereocenters. The Labute approximate surface area is 238 Å². The molecule has 0 radical (unpaired) electrons. The van der Waals surface area contributed by atoms with Crippen LogP contribution in [0.1, 0.15) is 62.5 Å². The maximum atomic E-state index is 14.0. The Morgan fingerprint density at radius 2 is 1.49 bits per heavy atom. The van der Waals surface area contributed by atoms with E-state index in [1.807, 2.05) is 24.3 Å². The van der Waals surface area contributed by atoms with Crippen molar-refractivity contribution < 1.29 is 29.1 Å². The Hall–Kier alpha value is -4.05. The third-order valence-corrected chi connectivity index (χ3v) is 8.73. The second kappa shape index (κ2) is 11.8. The van der Waals surface area contributed by atoms with Crippen molar-refractivity contribution in [3.8, 4) is 11.1 Å². The van der Waals surface area contributed by atoms with E-state index in [2.05, 4.69) is 16.0 Å². The number of hydrogen-bond donors (Lipinski definition) is 5. The molecule has 2 aromatic rings. The van der Waals surface area contributed by atoms with Crippen molar-refractivity contribution in [1.82, 2.24) is 16.0 Å². The zero-order chi connectivity index (χ0) is 29.1. The summed E-state index contributed by atoms with van der Waals surface area (Å²) in [4.78, 5) is 64.4. The van der Waals surface area contributed by atoms with Gasteiger partial charge < -0.3 is 26.8 Å². The lowest BCUT2D eigenvalue weighted by molar-refractivity contribution is -0.141. The highest BCUT2D eigenvalue weighted by atomic mass is 16.3. The summed E-state index contributed by atoms with van der Waals surface area (Å²) in [6, 6.07) is 11.8. The fourth-order valence-electron chi connectivity index (χ4n) is 6.54. The number of nitrogens with one attached hydrogen (secondary N) is 3. The first-order chi connectivity index (χ1) is 19.7. The molecule has 1 saturated heterocycles. The molecule has 2 aromatic carbocycles. The molecule has 6 N–H and O–H groups in total. The zero-order valence-electron chi connectivity index (χ0n) is 22.9. The van der Waals surface area contributed by atoms with E-state index in [1.54, 1.807) is 24.3 Å². The van der Waals surface area contributed by atoms with Crippen molar-refractivity contribution in [3.05, 3.63) is 59.7 Å². The predicted molar refractivity (Wildman–Crippen MR) is 150 cm³/mol. The monoisotopic (exact) mass is 560 g/mol. The molecule has 1 saturated carbocycles. The average Bonchev–Trinajstić information content (AvgIpc) is 3.51. The molecular weight excluding hydrogens is 524 g/mol. The molecule has 1 heterocycles. The number of Topliss-reactive ketones (excluding diaryl/α,β-unsaturated/α-hetero) is 1. The minimum atomic E-state index is -2.03. The van der Waals surface area contributed by atoms with Crippen molar-refractivity contribution in [2.24, 2.45) is 17.6 Å². The highest BCUT2D eigenvalue weighted by Crippen LogP contribution is 2.47. The van der Waals surface area contributed by atoms with Crippen molar-refractivity contribution in [3.63, 3.8) is 0 Å². The van der Waals surface area contributed by atoms with Crippen LogP contribution in [0.5, 0.6) is 0 Å². The zero-order valence-corrected chi connectivity index (χ0v) is 22.9. The van der Waals surface area contributed by atoms with Crippen LogP contribution in [0.15, 0.2) is 48.5 Å². The number of ketones is 1. The van der Waals surface area contributed by atoms with Crippen LogP contribution in [0.4, 0.5) is 0 Å². The number of carbonyl (C=O) groups is 5. The number of aliphatic hydroxyl groups is 1. The number of nitrogens with two attached hydrogens (primary N) is 1. The molecule has 0 aromatic heterocycles. The summed E-state index contributed by atoms with van der Waals surface area (Å²) >= 11 is 0. The molecule has 2 aliphatic carbocycles. The molecule has 2 fully saturated rings. The summed E-state index contributed by atoms with van der Waals surface area (Å²) in [5.41, 5.74) is 5.56. The fraction of sp³-hybridized carbons (Fsp3) is 0.452. The molecule has 4 amide bonds. The highest BCUT2D eigenvalue weighted by Gasteiger charge is 2.49. The Morgan fingerprint density at radius 3 is 2.05 bits per heavy atom. The molecule has 10 heteroatoms. The molecule has 0 spiro atoms. The van der Waals surface area contributed by atoms with Gasteiger partial charge in [-0.25, -0.2) is 0 Å². The minimum Gasteiger partial charge on any atom is -0.372 e. The molecule has 10 nitrogen and oxygen atoms in total. The van der Waals surface area contributed by atoms with Gasteiger partial charge in [0.05, 0.1) is 6.04 Å². The molecular formula is C31H36N4O6. The fourth-order valence-corrected chi connectivity index (χ4v) is 6.54. The van der Waals surface area contributed by atoms with Crippen LogP contribution in [0, 0.1) is 11.8 Å². The largest absolute Gasteiger partial charge is 0.372 e. The van der Waals surface area contributed by atoms with Gasteiger partial charge in [-0.05, 0) is 36.3 Å². The van der Waals surface area contributed by atoms with Crippen LogP contribution in [-0.2, 0) is 29.6 Å². The number of benzene rings is 2. The molecule has 216 valence electrons. The molecule has 0 bridgehead atoms. The van der Waals surface area contributed by atoms with E-state index in [0.29, 0.717) is 30.5 Å². The second-order valence-corrected chi connectivity index (χ2v) is 11.4. The van der Waals surface area contributed by atoms with Crippen LogP contribution in [0.25, 0.3) is 11.1 Å². The van der Waals surface area contributed by atoms with Crippen LogP contribution in [0.3, 0.4) is 0 Å². The predicted octanol–water partition coefficient (Wildman–Crippen LogP) is 1.42. The van der Waals surface area contributed by atoms with E-state index < -0.39 is 47.1 Å². The number of hydrogen-bond acceptors (Lipinski definition) is 6.